The van der Waals surface area contributed by atoms with Gasteiger partial charge in [-0.05, 0) is 43.4 Å². The van der Waals surface area contributed by atoms with Gasteiger partial charge in [-0.25, -0.2) is 19.2 Å². The van der Waals surface area contributed by atoms with Gasteiger partial charge in [0.25, 0.3) is 0 Å². The average Bonchev–Trinajstić information content (AvgIpc) is 2.83. The number of esters is 1. The molecule has 7 heteroatoms. The van der Waals surface area contributed by atoms with Gasteiger partial charge in [-0.3, -0.25) is 0 Å². The number of ether oxygens (including phenoxy) is 1. The third kappa shape index (κ3) is 4.94. The van der Waals surface area contributed by atoms with Crippen LogP contribution in [0.1, 0.15) is 53.2 Å². The molecule has 0 spiro atoms. The van der Waals surface area contributed by atoms with E-state index in [1.54, 1.807) is 12.3 Å². The number of methoxy groups -OCH3 is 1. The first-order valence-electron chi connectivity index (χ1n) is 10.8. The Hall–Kier alpha value is -3.32. The zero-order chi connectivity index (χ0) is 22.5. The molecule has 1 saturated carbocycles. The van der Waals surface area contributed by atoms with E-state index in [9.17, 15) is 9.18 Å². The Balaban J connectivity index is 1.43. The van der Waals surface area contributed by atoms with Gasteiger partial charge in [0, 0.05) is 24.1 Å². The van der Waals surface area contributed by atoms with Gasteiger partial charge in [0.05, 0.1) is 24.6 Å². The summed E-state index contributed by atoms with van der Waals surface area (Å²) in [6, 6.07) is 15.1. The van der Waals surface area contributed by atoms with E-state index >= 15 is 0 Å². The highest BCUT2D eigenvalue weighted by atomic mass is 19.1. The molecule has 0 atom stereocenters. The summed E-state index contributed by atoms with van der Waals surface area (Å²) in [5.74, 6) is -0.876. The van der Waals surface area contributed by atoms with Crippen LogP contribution in [0, 0.1) is 5.82 Å². The van der Waals surface area contributed by atoms with Crippen molar-refractivity contribution in [3.8, 4) is 11.3 Å². The van der Waals surface area contributed by atoms with Gasteiger partial charge in [0.15, 0.2) is 0 Å². The molecule has 0 saturated heterocycles. The lowest BCUT2D eigenvalue weighted by Crippen LogP contribution is -2.32. The molecule has 4 rings (SSSR count). The second kappa shape index (κ2) is 9.87. The molecule has 1 aliphatic carbocycles. The molecule has 1 fully saturated rings. The number of aromatic nitrogens is 2. The summed E-state index contributed by atoms with van der Waals surface area (Å²) in [5, 5.41) is 3.65. The molecular weight excluding hydrogens is 407 g/mol. The standard InChI is InChI=1S/C25H27FN4O2/c1-32-25(31)20-12-9-18(13-21(20)26)23-24(27)29-15-22(30-23)17-7-10-19(11-8-17)28-14-16-5-3-2-4-6-16/h2-6,9,12-13,15,17,19,28H,7-8,10-11,14H2,1H3,(H2,27,29). The van der Waals surface area contributed by atoms with Gasteiger partial charge in [0.1, 0.15) is 17.3 Å². The summed E-state index contributed by atoms with van der Waals surface area (Å²) in [6.45, 7) is 0.870. The van der Waals surface area contributed by atoms with Crippen LogP contribution in [0.3, 0.4) is 0 Å². The van der Waals surface area contributed by atoms with Gasteiger partial charge >= 0.3 is 5.97 Å². The largest absolute Gasteiger partial charge is 0.465 e. The fraction of sp³-hybridized carbons (Fsp3) is 0.320. The number of halogens is 1. The Morgan fingerprint density at radius 2 is 1.91 bits per heavy atom. The topological polar surface area (TPSA) is 90.1 Å². The van der Waals surface area contributed by atoms with Gasteiger partial charge in [0.2, 0.25) is 0 Å². The predicted octanol–water partition coefficient (Wildman–Crippen LogP) is 4.47. The van der Waals surface area contributed by atoms with E-state index in [4.69, 9.17) is 10.7 Å². The van der Waals surface area contributed by atoms with Crippen molar-refractivity contribution in [3.05, 3.63) is 77.4 Å². The maximum Gasteiger partial charge on any atom is 0.340 e. The Labute approximate surface area is 187 Å². The smallest absolute Gasteiger partial charge is 0.340 e. The van der Waals surface area contributed by atoms with E-state index < -0.39 is 11.8 Å². The zero-order valence-electron chi connectivity index (χ0n) is 18.1. The number of hydrogen-bond acceptors (Lipinski definition) is 6. The number of nitrogens with two attached hydrogens (primary N) is 1. The summed E-state index contributed by atoms with van der Waals surface area (Å²) >= 11 is 0. The number of nitrogen functional groups attached to an aromatic ring is 1. The van der Waals surface area contributed by atoms with Crippen LogP contribution in [0.25, 0.3) is 11.3 Å². The molecule has 0 aliphatic heterocycles. The van der Waals surface area contributed by atoms with Crippen LogP contribution in [0.15, 0.2) is 54.7 Å². The van der Waals surface area contributed by atoms with Crippen LogP contribution in [-0.2, 0) is 11.3 Å². The number of anilines is 1. The fourth-order valence-electron chi connectivity index (χ4n) is 4.21. The number of benzene rings is 2. The van der Waals surface area contributed by atoms with E-state index in [2.05, 4.69) is 39.3 Å². The monoisotopic (exact) mass is 434 g/mol. The molecule has 166 valence electrons. The summed E-state index contributed by atoms with van der Waals surface area (Å²) in [5.41, 5.74) is 8.99. The molecule has 2 aromatic carbocycles. The highest BCUT2D eigenvalue weighted by molar-refractivity contribution is 5.90. The van der Waals surface area contributed by atoms with Crippen LogP contribution in [0.2, 0.25) is 0 Å². The van der Waals surface area contributed by atoms with E-state index in [0.717, 1.165) is 37.9 Å². The molecule has 0 amide bonds. The first-order valence-corrected chi connectivity index (χ1v) is 10.8. The molecule has 0 unspecified atom stereocenters. The van der Waals surface area contributed by atoms with Crippen molar-refractivity contribution >= 4 is 11.8 Å². The molecule has 0 radical (unpaired) electrons. The van der Waals surface area contributed by atoms with Gasteiger partial charge in [-0.2, -0.15) is 0 Å². The van der Waals surface area contributed by atoms with Crippen molar-refractivity contribution in [2.75, 3.05) is 12.8 Å². The summed E-state index contributed by atoms with van der Waals surface area (Å²) in [6.07, 6.45) is 5.84. The second-order valence-electron chi connectivity index (χ2n) is 8.13. The highest BCUT2D eigenvalue weighted by Crippen LogP contribution is 2.34. The van der Waals surface area contributed by atoms with E-state index in [-0.39, 0.29) is 17.3 Å². The molecular formula is C25H27FN4O2. The second-order valence-corrected chi connectivity index (χ2v) is 8.13. The summed E-state index contributed by atoms with van der Waals surface area (Å²) < 4.78 is 19.0. The molecule has 1 heterocycles. The van der Waals surface area contributed by atoms with Crippen molar-refractivity contribution < 1.29 is 13.9 Å². The molecule has 3 aromatic rings. The number of carbonyl (C=O) groups excluding carboxylic acids is 1. The van der Waals surface area contributed by atoms with Gasteiger partial charge < -0.3 is 15.8 Å². The van der Waals surface area contributed by atoms with Crippen molar-refractivity contribution in [2.45, 2.75) is 44.2 Å². The van der Waals surface area contributed by atoms with Crippen LogP contribution in [0.5, 0.6) is 0 Å². The summed E-state index contributed by atoms with van der Waals surface area (Å²) in [7, 11) is 1.22. The van der Waals surface area contributed by atoms with Crippen LogP contribution in [0.4, 0.5) is 10.2 Å². The highest BCUT2D eigenvalue weighted by Gasteiger charge is 2.24. The minimum Gasteiger partial charge on any atom is -0.465 e. The molecule has 1 aliphatic rings. The van der Waals surface area contributed by atoms with E-state index in [1.165, 1.54) is 24.8 Å². The molecule has 3 N–H and O–H groups in total. The first-order chi connectivity index (χ1) is 15.5. The minimum atomic E-state index is -0.723. The lowest BCUT2D eigenvalue weighted by atomic mass is 9.84. The number of carbonyl (C=O) groups is 1. The fourth-order valence-corrected chi connectivity index (χ4v) is 4.21. The van der Waals surface area contributed by atoms with Crippen LogP contribution >= 0.6 is 0 Å². The maximum atomic E-state index is 14.4. The Kier molecular flexibility index (Phi) is 6.75. The Morgan fingerprint density at radius 3 is 2.59 bits per heavy atom. The number of nitrogens with one attached hydrogen (secondary N) is 1. The maximum absolute atomic E-state index is 14.4. The van der Waals surface area contributed by atoms with Crippen LogP contribution < -0.4 is 11.1 Å². The van der Waals surface area contributed by atoms with E-state index in [0.29, 0.717) is 17.3 Å². The quantitative estimate of drug-likeness (QED) is 0.557. The minimum absolute atomic E-state index is 0.125. The summed E-state index contributed by atoms with van der Waals surface area (Å²) in [4.78, 5) is 20.7. The number of rotatable bonds is 6. The van der Waals surface area contributed by atoms with Gasteiger partial charge in [-0.1, -0.05) is 36.4 Å². The van der Waals surface area contributed by atoms with Gasteiger partial charge in [-0.15, -0.1) is 0 Å². The van der Waals surface area contributed by atoms with Crippen molar-refractivity contribution in [1.82, 2.24) is 15.3 Å². The van der Waals surface area contributed by atoms with Crippen molar-refractivity contribution in [3.63, 3.8) is 0 Å². The average molecular weight is 435 g/mol. The lowest BCUT2D eigenvalue weighted by Gasteiger charge is -2.29. The predicted molar refractivity (Wildman–Crippen MR) is 121 cm³/mol. The zero-order valence-corrected chi connectivity index (χ0v) is 18.1. The lowest BCUT2D eigenvalue weighted by molar-refractivity contribution is 0.0595. The SMILES string of the molecule is COC(=O)c1ccc(-c2nc(C3CCC(NCc4ccccc4)CC3)cnc2N)cc1F. The Morgan fingerprint density at radius 1 is 1.16 bits per heavy atom. The first kappa shape index (κ1) is 21.9. The number of nitrogens with zero attached hydrogens (tertiary/aromatic N) is 2. The van der Waals surface area contributed by atoms with E-state index in [1.807, 2.05) is 6.07 Å². The number of hydrogen-bond donors (Lipinski definition) is 2. The third-order valence-electron chi connectivity index (χ3n) is 6.05. The normalized spacial score (nSPS) is 18.3. The third-order valence-corrected chi connectivity index (χ3v) is 6.05. The molecule has 0 bridgehead atoms. The van der Waals surface area contributed by atoms with Crippen molar-refractivity contribution in [1.29, 1.82) is 0 Å². The Bertz CT molecular complexity index is 1080. The molecule has 1 aromatic heterocycles. The van der Waals surface area contributed by atoms with Crippen LogP contribution in [-0.4, -0.2) is 29.1 Å². The molecule has 32 heavy (non-hydrogen) atoms. The van der Waals surface area contributed by atoms with Crippen molar-refractivity contribution in [2.24, 2.45) is 0 Å². The molecule has 6 nitrogen and oxygen atoms in total.